The third-order valence-electron chi connectivity index (χ3n) is 4.41. The topological polar surface area (TPSA) is 81.7 Å². The van der Waals surface area contributed by atoms with Crippen LogP contribution >= 0.6 is 0 Å². The Kier molecular flexibility index (Phi) is 4.23. The van der Waals surface area contributed by atoms with Crippen LogP contribution in [-0.2, 0) is 17.7 Å². The number of rotatable bonds is 4. The van der Waals surface area contributed by atoms with Gasteiger partial charge in [0.05, 0.1) is 13.2 Å². The molecule has 21 heavy (non-hydrogen) atoms. The van der Waals surface area contributed by atoms with E-state index in [1.54, 1.807) is 0 Å². The minimum absolute atomic E-state index is 0.175. The monoisotopic (exact) mass is 294 g/mol. The Bertz CT molecular complexity index is 510. The van der Waals surface area contributed by atoms with E-state index in [4.69, 9.17) is 4.74 Å². The van der Waals surface area contributed by atoms with E-state index in [0.717, 1.165) is 57.1 Å². The molecule has 0 bridgehead atoms. The molecule has 3 heterocycles. The number of hydrogen-bond acceptors (Lipinski definition) is 5. The molecule has 2 aliphatic rings. The number of carbonyl (C=O) groups is 1. The highest BCUT2D eigenvalue weighted by atomic mass is 16.5. The van der Waals surface area contributed by atoms with Crippen LogP contribution in [0.4, 0.5) is 0 Å². The molecule has 116 valence electrons. The van der Waals surface area contributed by atoms with Crippen LogP contribution in [0.2, 0.25) is 0 Å². The SMILES string of the molecule is C[C@@H](CN1CCc2[nH]nc(C(=O)O)c2C1)N1CCOCC1. The van der Waals surface area contributed by atoms with E-state index in [9.17, 15) is 9.90 Å². The zero-order valence-corrected chi connectivity index (χ0v) is 12.3. The molecule has 0 aromatic carbocycles. The fraction of sp³-hybridized carbons (Fsp3) is 0.714. The first-order valence-corrected chi connectivity index (χ1v) is 7.48. The van der Waals surface area contributed by atoms with Gasteiger partial charge in [0, 0.05) is 56.4 Å². The van der Waals surface area contributed by atoms with Crippen LogP contribution in [-0.4, -0.2) is 76.5 Å². The van der Waals surface area contributed by atoms with Gasteiger partial charge in [-0.2, -0.15) is 5.10 Å². The van der Waals surface area contributed by atoms with Gasteiger partial charge in [-0.05, 0) is 6.92 Å². The summed E-state index contributed by atoms with van der Waals surface area (Å²) in [5, 5.41) is 16.0. The largest absolute Gasteiger partial charge is 0.476 e. The Balaban J connectivity index is 1.62. The maximum atomic E-state index is 11.2. The normalized spacial score (nSPS) is 22.0. The molecule has 2 N–H and O–H groups in total. The molecule has 1 aromatic heterocycles. The number of morpholine rings is 1. The molecule has 7 nitrogen and oxygen atoms in total. The van der Waals surface area contributed by atoms with E-state index in [0.29, 0.717) is 12.6 Å². The van der Waals surface area contributed by atoms with Gasteiger partial charge < -0.3 is 9.84 Å². The zero-order chi connectivity index (χ0) is 14.8. The van der Waals surface area contributed by atoms with Gasteiger partial charge in [0.1, 0.15) is 0 Å². The smallest absolute Gasteiger partial charge is 0.356 e. The van der Waals surface area contributed by atoms with Crippen LogP contribution in [0, 0.1) is 0 Å². The quantitative estimate of drug-likeness (QED) is 0.825. The van der Waals surface area contributed by atoms with Gasteiger partial charge in [-0.3, -0.25) is 14.9 Å². The Morgan fingerprint density at radius 2 is 2.19 bits per heavy atom. The van der Waals surface area contributed by atoms with E-state index in [-0.39, 0.29) is 5.69 Å². The number of nitrogens with zero attached hydrogens (tertiary/aromatic N) is 3. The number of carboxylic acids is 1. The molecular weight excluding hydrogens is 272 g/mol. The lowest BCUT2D eigenvalue weighted by Crippen LogP contribution is -2.48. The molecule has 2 aliphatic heterocycles. The number of hydrogen-bond donors (Lipinski definition) is 2. The lowest BCUT2D eigenvalue weighted by Gasteiger charge is -2.36. The summed E-state index contributed by atoms with van der Waals surface area (Å²) in [5.41, 5.74) is 2.00. The van der Waals surface area contributed by atoms with Crippen LogP contribution < -0.4 is 0 Å². The van der Waals surface area contributed by atoms with Crippen molar-refractivity contribution in [1.29, 1.82) is 0 Å². The number of aromatic amines is 1. The molecule has 0 aliphatic carbocycles. The second kappa shape index (κ2) is 6.13. The van der Waals surface area contributed by atoms with E-state index in [2.05, 4.69) is 26.9 Å². The Labute approximate surface area is 123 Å². The average molecular weight is 294 g/mol. The predicted molar refractivity (Wildman–Crippen MR) is 76.4 cm³/mol. The number of aromatic nitrogens is 2. The van der Waals surface area contributed by atoms with Crippen molar-refractivity contribution in [2.75, 3.05) is 39.4 Å². The number of H-pyrrole nitrogens is 1. The standard InChI is InChI=1S/C14H22N4O3/c1-10(18-4-6-21-7-5-18)8-17-3-2-12-11(9-17)13(14(19)20)16-15-12/h10H,2-9H2,1H3,(H,15,16)(H,19,20)/t10-/m0/s1. The number of ether oxygens (including phenoxy) is 1. The van der Waals surface area contributed by atoms with Crippen molar-refractivity contribution in [2.45, 2.75) is 25.9 Å². The highest BCUT2D eigenvalue weighted by molar-refractivity contribution is 5.87. The van der Waals surface area contributed by atoms with Crippen molar-refractivity contribution < 1.29 is 14.6 Å². The van der Waals surface area contributed by atoms with Crippen LogP contribution in [0.3, 0.4) is 0 Å². The molecule has 3 rings (SSSR count). The highest BCUT2D eigenvalue weighted by Gasteiger charge is 2.27. The van der Waals surface area contributed by atoms with Gasteiger partial charge in [0.2, 0.25) is 0 Å². The fourth-order valence-electron chi connectivity index (χ4n) is 3.19. The van der Waals surface area contributed by atoms with Gasteiger partial charge in [0.15, 0.2) is 5.69 Å². The van der Waals surface area contributed by atoms with E-state index in [1.165, 1.54) is 0 Å². The summed E-state index contributed by atoms with van der Waals surface area (Å²) in [7, 11) is 0. The summed E-state index contributed by atoms with van der Waals surface area (Å²) >= 11 is 0. The summed E-state index contributed by atoms with van der Waals surface area (Å²) in [6.07, 6.45) is 0.839. The Hall–Kier alpha value is -1.44. The lowest BCUT2D eigenvalue weighted by molar-refractivity contribution is 0.0114. The van der Waals surface area contributed by atoms with Crippen molar-refractivity contribution >= 4 is 5.97 Å². The minimum Gasteiger partial charge on any atom is -0.476 e. The molecule has 0 amide bonds. The predicted octanol–water partition coefficient (Wildman–Crippen LogP) is 0.187. The molecule has 0 spiro atoms. The van der Waals surface area contributed by atoms with Crippen LogP contribution in [0.5, 0.6) is 0 Å². The average Bonchev–Trinajstić information content (AvgIpc) is 2.91. The van der Waals surface area contributed by atoms with Gasteiger partial charge in [-0.1, -0.05) is 0 Å². The first-order valence-electron chi connectivity index (χ1n) is 7.48. The second-order valence-corrected chi connectivity index (χ2v) is 5.82. The van der Waals surface area contributed by atoms with Gasteiger partial charge in [-0.25, -0.2) is 4.79 Å². The van der Waals surface area contributed by atoms with Crippen LogP contribution in [0.25, 0.3) is 0 Å². The molecular formula is C14H22N4O3. The molecule has 1 aromatic rings. The number of aromatic carboxylic acids is 1. The van der Waals surface area contributed by atoms with Gasteiger partial charge in [0.25, 0.3) is 0 Å². The van der Waals surface area contributed by atoms with Crippen molar-refractivity contribution in [3.8, 4) is 0 Å². The molecule has 1 fully saturated rings. The zero-order valence-electron chi connectivity index (χ0n) is 12.3. The summed E-state index contributed by atoms with van der Waals surface area (Å²) in [5.74, 6) is -0.949. The summed E-state index contributed by atoms with van der Waals surface area (Å²) in [6.45, 7) is 8.36. The van der Waals surface area contributed by atoms with Crippen molar-refractivity contribution in [3.63, 3.8) is 0 Å². The third kappa shape index (κ3) is 3.09. The summed E-state index contributed by atoms with van der Waals surface area (Å²) in [6, 6.07) is 0.454. The van der Waals surface area contributed by atoms with Gasteiger partial charge in [-0.15, -0.1) is 0 Å². The number of fused-ring (bicyclic) bond motifs is 1. The van der Waals surface area contributed by atoms with Crippen molar-refractivity contribution in [3.05, 3.63) is 17.0 Å². The summed E-state index contributed by atoms with van der Waals surface area (Å²) in [4.78, 5) is 15.9. The highest BCUT2D eigenvalue weighted by Crippen LogP contribution is 2.21. The van der Waals surface area contributed by atoms with E-state index >= 15 is 0 Å². The molecule has 0 unspecified atom stereocenters. The molecule has 0 saturated carbocycles. The van der Waals surface area contributed by atoms with Crippen molar-refractivity contribution in [1.82, 2.24) is 20.0 Å². The Morgan fingerprint density at radius 1 is 1.43 bits per heavy atom. The second-order valence-electron chi connectivity index (χ2n) is 5.82. The molecule has 7 heteroatoms. The molecule has 1 atom stereocenters. The third-order valence-corrected chi connectivity index (χ3v) is 4.41. The van der Waals surface area contributed by atoms with Crippen molar-refractivity contribution in [2.24, 2.45) is 0 Å². The molecule has 0 radical (unpaired) electrons. The maximum Gasteiger partial charge on any atom is 0.356 e. The van der Waals surface area contributed by atoms with Crippen LogP contribution in [0.15, 0.2) is 0 Å². The fourth-order valence-corrected chi connectivity index (χ4v) is 3.19. The first kappa shape index (κ1) is 14.5. The van der Waals surface area contributed by atoms with Crippen LogP contribution in [0.1, 0.15) is 28.7 Å². The Morgan fingerprint density at radius 3 is 2.90 bits per heavy atom. The summed E-state index contributed by atoms with van der Waals surface area (Å²) < 4.78 is 5.39. The first-order chi connectivity index (χ1) is 10.1. The number of nitrogens with one attached hydrogen (secondary N) is 1. The lowest BCUT2D eigenvalue weighted by atomic mass is 10.0. The van der Waals surface area contributed by atoms with E-state index < -0.39 is 5.97 Å². The molecule has 1 saturated heterocycles. The van der Waals surface area contributed by atoms with E-state index in [1.807, 2.05) is 0 Å². The minimum atomic E-state index is -0.949. The number of carboxylic acid groups (broad SMARTS) is 1. The maximum absolute atomic E-state index is 11.2. The van der Waals surface area contributed by atoms with Gasteiger partial charge >= 0.3 is 5.97 Å².